The Bertz CT molecular complexity index is 504. The largest absolute Gasteiger partial charge is 0.493 e. The molecule has 0 unspecified atom stereocenters. The van der Waals surface area contributed by atoms with Crippen molar-refractivity contribution in [1.82, 2.24) is 5.32 Å². The molecule has 2 rings (SSSR count). The maximum Gasteiger partial charge on any atom is 0.227 e. The summed E-state index contributed by atoms with van der Waals surface area (Å²) in [6, 6.07) is 9.49. The molecule has 1 aliphatic heterocycles. The molecule has 1 amide bonds. The number of ether oxygens (including phenoxy) is 1. The lowest BCUT2D eigenvalue weighted by atomic mass is 9.97. The molecule has 5 nitrogen and oxygen atoms in total. The summed E-state index contributed by atoms with van der Waals surface area (Å²) in [5.74, 6) is 0.889. The normalized spacial score (nSPS) is 15.2. The van der Waals surface area contributed by atoms with Crippen LogP contribution in [0.5, 0.6) is 5.75 Å². The van der Waals surface area contributed by atoms with Gasteiger partial charge in [-0.25, -0.2) is 0 Å². The summed E-state index contributed by atoms with van der Waals surface area (Å²) in [5.41, 5.74) is 0.760. The highest BCUT2D eigenvalue weighted by Crippen LogP contribution is 2.20. The standard InChI is InChI=1S/C16H21N3O2/c17-8-1-2-11-21-15-5-3-4-14(12-15)19-16(20)13-6-9-18-10-7-13/h3-5,12-13,18H,1-2,6-7,9-11H2,(H,19,20). The molecule has 0 radical (unpaired) electrons. The van der Waals surface area contributed by atoms with Crippen LogP contribution in [0.2, 0.25) is 0 Å². The number of nitrogens with zero attached hydrogens (tertiary/aromatic N) is 1. The van der Waals surface area contributed by atoms with Crippen LogP contribution in [0, 0.1) is 17.2 Å². The fourth-order valence-electron chi connectivity index (χ4n) is 2.33. The predicted molar refractivity (Wildman–Crippen MR) is 81.0 cm³/mol. The molecule has 0 saturated carbocycles. The molecule has 21 heavy (non-hydrogen) atoms. The highest BCUT2D eigenvalue weighted by molar-refractivity contribution is 5.92. The molecular formula is C16H21N3O2. The lowest BCUT2D eigenvalue weighted by Crippen LogP contribution is -2.34. The van der Waals surface area contributed by atoms with Crippen molar-refractivity contribution in [1.29, 1.82) is 5.26 Å². The van der Waals surface area contributed by atoms with Crippen molar-refractivity contribution < 1.29 is 9.53 Å². The number of hydrogen-bond acceptors (Lipinski definition) is 4. The molecular weight excluding hydrogens is 266 g/mol. The van der Waals surface area contributed by atoms with E-state index in [-0.39, 0.29) is 11.8 Å². The van der Waals surface area contributed by atoms with E-state index in [1.807, 2.05) is 24.3 Å². The summed E-state index contributed by atoms with van der Waals surface area (Å²) in [5, 5.41) is 14.7. The van der Waals surface area contributed by atoms with E-state index >= 15 is 0 Å². The summed E-state index contributed by atoms with van der Waals surface area (Å²) in [6.07, 6.45) is 2.97. The Morgan fingerprint density at radius 2 is 2.24 bits per heavy atom. The Balaban J connectivity index is 1.85. The molecule has 1 saturated heterocycles. The first-order valence-electron chi connectivity index (χ1n) is 7.41. The minimum Gasteiger partial charge on any atom is -0.493 e. The maximum absolute atomic E-state index is 12.2. The summed E-state index contributed by atoms with van der Waals surface area (Å²) < 4.78 is 5.56. The van der Waals surface area contributed by atoms with Crippen LogP contribution >= 0.6 is 0 Å². The van der Waals surface area contributed by atoms with Crippen molar-refractivity contribution in [2.45, 2.75) is 25.7 Å². The summed E-state index contributed by atoms with van der Waals surface area (Å²) >= 11 is 0. The zero-order valence-corrected chi connectivity index (χ0v) is 12.1. The number of nitriles is 1. The highest BCUT2D eigenvalue weighted by Gasteiger charge is 2.20. The maximum atomic E-state index is 12.2. The van der Waals surface area contributed by atoms with Gasteiger partial charge < -0.3 is 15.4 Å². The van der Waals surface area contributed by atoms with Crippen LogP contribution in [-0.4, -0.2) is 25.6 Å². The van der Waals surface area contributed by atoms with Gasteiger partial charge in [0.15, 0.2) is 0 Å². The Labute approximate surface area is 125 Å². The Hall–Kier alpha value is -2.06. The summed E-state index contributed by atoms with van der Waals surface area (Å²) in [4.78, 5) is 12.2. The molecule has 112 valence electrons. The molecule has 0 aliphatic carbocycles. The van der Waals surface area contributed by atoms with Crippen LogP contribution in [0.1, 0.15) is 25.7 Å². The molecule has 0 spiro atoms. The SMILES string of the molecule is N#CCCCOc1cccc(NC(=O)C2CCNCC2)c1. The number of unbranched alkanes of at least 4 members (excludes halogenated alkanes) is 1. The van der Waals surface area contributed by atoms with Gasteiger partial charge in [0.25, 0.3) is 0 Å². The number of piperidine rings is 1. The molecule has 1 fully saturated rings. The van der Waals surface area contributed by atoms with Gasteiger partial charge in [-0.05, 0) is 44.5 Å². The van der Waals surface area contributed by atoms with Crippen LogP contribution in [0.4, 0.5) is 5.69 Å². The van der Waals surface area contributed by atoms with E-state index in [1.54, 1.807) is 0 Å². The van der Waals surface area contributed by atoms with Gasteiger partial charge >= 0.3 is 0 Å². The quantitative estimate of drug-likeness (QED) is 0.787. The second-order valence-corrected chi connectivity index (χ2v) is 5.15. The smallest absolute Gasteiger partial charge is 0.227 e. The van der Waals surface area contributed by atoms with Gasteiger partial charge in [0.2, 0.25) is 5.91 Å². The van der Waals surface area contributed by atoms with E-state index in [9.17, 15) is 4.79 Å². The number of carbonyl (C=O) groups is 1. The van der Waals surface area contributed by atoms with Crippen molar-refractivity contribution in [2.75, 3.05) is 25.0 Å². The third-order valence-corrected chi connectivity index (χ3v) is 3.51. The van der Waals surface area contributed by atoms with Crippen LogP contribution in [0.25, 0.3) is 0 Å². The summed E-state index contributed by atoms with van der Waals surface area (Å²) in [6.45, 7) is 2.32. The first-order valence-corrected chi connectivity index (χ1v) is 7.41. The third kappa shape index (κ3) is 5.09. The molecule has 0 aromatic heterocycles. The van der Waals surface area contributed by atoms with E-state index < -0.39 is 0 Å². The van der Waals surface area contributed by atoms with Crippen molar-refractivity contribution >= 4 is 11.6 Å². The van der Waals surface area contributed by atoms with E-state index in [0.717, 1.165) is 37.4 Å². The van der Waals surface area contributed by atoms with Gasteiger partial charge in [-0.3, -0.25) is 4.79 Å². The van der Waals surface area contributed by atoms with Crippen LogP contribution in [0.15, 0.2) is 24.3 Å². The monoisotopic (exact) mass is 287 g/mol. The van der Waals surface area contributed by atoms with Crippen molar-refractivity contribution in [3.8, 4) is 11.8 Å². The highest BCUT2D eigenvalue weighted by atomic mass is 16.5. The average molecular weight is 287 g/mol. The zero-order valence-electron chi connectivity index (χ0n) is 12.1. The van der Waals surface area contributed by atoms with Gasteiger partial charge in [-0.2, -0.15) is 5.26 Å². The molecule has 2 N–H and O–H groups in total. The Morgan fingerprint density at radius 3 is 3.00 bits per heavy atom. The van der Waals surface area contributed by atoms with Crippen molar-refractivity contribution in [2.24, 2.45) is 5.92 Å². The van der Waals surface area contributed by atoms with E-state index in [4.69, 9.17) is 10.00 Å². The second kappa shape index (κ2) is 8.28. The van der Waals surface area contributed by atoms with E-state index in [2.05, 4.69) is 16.7 Å². The fraction of sp³-hybridized carbons (Fsp3) is 0.500. The zero-order chi connectivity index (χ0) is 14.9. The third-order valence-electron chi connectivity index (χ3n) is 3.51. The number of benzene rings is 1. The number of hydrogen-bond donors (Lipinski definition) is 2. The number of nitrogens with one attached hydrogen (secondary N) is 2. The van der Waals surface area contributed by atoms with Gasteiger partial charge in [0, 0.05) is 24.1 Å². The Morgan fingerprint density at radius 1 is 1.43 bits per heavy atom. The lowest BCUT2D eigenvalue weighted by Gasteiger charge is -2.21. The van der Waals surface area contributed by atoms with Gasteiger partial charge in [0.05, 0.1) is 12.7 Å². The molecule has 1 heterocycles. The van der Waals surface area contributed by atoms with Crippen molar-refractivity contribution in [3.05, 3.63) is 24.3 Å². The second-order valence-electron chi connectivity index (χ2n) is 5.15. The fourth-order valence-corrected chi connectivity index (χ4v) is 2.33. The number of carbonyl (C=O) groups excluding carboxylic acids is 1. The number of rotatable bonds is 6. The van der Waals surface area contributed by atoms with Crippen LogP contribution in [0.3, 0.4) is 0 Å². The minimum absolute atomic E-state index is 0.0816. The van der Waals surface area contributed by atoms with Gasteiger partial charge in [0.1, 0.15) is 5.75 Å². The number of anilines is 1. The average Bonchev–Trinajstić information content (AvgIpc) is 2.53. The first kappa shape index (κ1) is 15.3. The van der Waals surface area contributed by atoms with Crippen LogP contribution in [-0.2, 0) is 4.79 Å². The van der Waals surface area contributed by atoms with Gasteiger partial charge in [-0.1, -0.05) is 6.07 Å². The first-order chi connectivity index (χ1) is 10.3. The molecule has 0 bridgehead atoms. The minimum atomic E-state index is 0.0816. The number of amides is 1. The van der Waals surface area contributed by atoms with Crippen molar-refractivity contribution in [3.63, 3.8) is 0 Å². The molecule has 1 aliphatic rings. The topological polar surface area (TPSA) is 74.1 Å². The molecule has 1 aromatic carbocycles. The Kier molecular flexibility index (Phi) is 6.04. The molecule has 1 aromatic rings. The molecule has 5 heteroatoms. The van der Waals surface area contributed by atoms with Crippen LogP contribution < -0.4 is 15.4 Å². The summed E-state index contributed by atoms with van der Waals surface area (Å²) in [7, 11) is 0. The lowest BCUT2D eigenvalue weighted by molar-refractivity contribution is -0.120. The molecule has 0 atom stereocenters. The van der Waals surface area contributed by atoms with E-state index in [0.29, 0.717) is 19.4 Å². The van der Waals surface area contributed by atoms with Gasteiger partial charge in [-0.15, -0.1) is 0 Å². The van der Waals surface area contributed by atoms with E-state index in [1.165, 1.54) is 0 Å². The predicted octanol–water partition coefficient (Wildman–Crippen LogP) is 2.31.